The predicted octanol–water partition coefficient (Wildman–Crippen LogP) is -0.922. The summed E-state index contributed by atoms with van der Waals surface area (Å²) in [5.41, 5.74) is 1.17. The number of amides is 6. The third kappa shape index (κ3) is 11.6. The number of ether oxygens (including phenoxy) is 5. The van der Waals surface area contributed by atoms with Crippen LogP contribution in [0.25, 0.3) is 0 Å². The summed E-state index contributed by atoms with van der Waals surface area (Å²) in [5, 5.41) is 49.3. The van der Waals surface area contributed by atoms with Gasteiger partial charge < -0.3 is 74.8 Å². The van der Waals surface area contributed by atoms with Crippen LogP contribution in [-0.2, 0) is 55.9 Å². The van der Waals surface area contributed by atoms with Crippen molar-refractivity contribution >= 4 is 41.4 Å². The Bertz CT molecular complexity index is 2420. The van der Waals surface area contributed by atoms with Crippen molar-refractivity contribution in [2.45, 2.75) is 114 Å². The van der Waals surface area contributed by atoms with E-state index in [1.54, 1.807) is 48.5 Å². The minimum Gasteiger partial charge on any atom is -0.497 e. The molecule has 6 bridgehead atoms. The maximum Gasteiger partial charge on any atom is 0.303 e. The van der Waals surface area contributed by atoms with E-state index in [4.69, 9.17) is 23.7 Å². The quantitative estimate of drug-likeness (QED) is 0.141. The summed E-state index contributed by atoms with van der Waals surface area (Å²) in [6, 6.07) is 8.83. The lowest BCUT2D eigenvalue weighted by Gasteiger charge is -2.40. The number of hydrogen-bond donors (Lipinski definition) is 7. The van der Waals surface area contributed by atoms with Crippen LogP contribution in [0.15, 0.2) is 66.7 Å². The Kier molecular flexibility index (Phi) is 16.7. The normalized spacial score (nSPS) is 29.5. The molecule has 0 aliphatic carbocycles. The standard InChI is InChI=1S/C48H60N6O16/c1-23-42(60)50-24(2)45(63)52(5)32(19-27-9-14-30(66-8)15-10-27)43(61)51-25(3)46(64)53(6)33-20-28-11-16-31(17-12-28)68-35-21-29(41(67-26(4)56)37(44(62)49-23)54(7)47(33)65)13-18-34(35)69-48-40(59)39(58)38(57)36(22-55)70-48/h9-18,21,23-25,32-33,36-41,48,55,57-59H,19-20,22H2,1-8H3,(H,49,62)(H,50,60)(H,51,61)/t23-,24+,25-,32+,33-,36+,37-,38+,39-,40+,41-,48-/m0/s1. The molecule has 0 radical (unpaired) electrons. The summed E-state index contributed by atoms with van der Waals surface area (Å²) >= 11 is 0. The molecule has 0 aromatic heterocycles. The smallest absolute Gasteiger partial charge is 0.303 e. The van der Waals surface area contributed by atoms with Crippen molar-refractivity contribution in [2.75, 3.05) is 34.9 Å². The van der Waals surface area contributed by atoms with E-state index in [0.717, 1.165) is 21.6 Å². The fraction of sp³-hybridized carbons (Fsp3) is 0.479. The molecule has 4 aliphatic heterocycles. The second kappa shape index (κ2) is 22.3. The fourth-order valence-corrected chi connectivity index (χ4v) is 8.43. The number of nitrogens with one attached hydrogen (secondary N) is 3. The summed E-state index contributed by atoms with van der Waals surface area (Å²) in [6.07, 6.45) is -10.1. The van der Waals surface area contributed by atoms with Crippen LogP contribution in [0.3, 0.4) is 0 Å². The van der Waals surface area contributed by atoms with Gasteiger partial charge in [0.05, 0.1) is 13.7 Å². The molecule has 0 unspecified atom stereocenters. The van der Waals surface area contributed by atoms with Crippen molar-refractivity contribution in [1.29, 1.82) is 0 Å². The van der Waals surface area contributed by atoms with Crippen molar-refractivity contribution in [1.82, 2.24) is 30.7 Å². The van der Waals surface area contributed by atoms with E-state index in [-0.39, 0.29) is 35.7 Å². The van der Waals surface area contributed by atoms with Crippen LogP contribution in [0.2, 0.25) is 0 Å². The number of methoxy groups -OCH3 is 1. The highest BCUT2D eigenvalue weighted by Gasteiger charge is 2.46. The molecule has 2 fully saturated rings. The molecule has 22 heteroatoms. The molecule has 70 heavy (non-hydrogen) atoms. The zero-order chi connectivity index (χ0) is 51.3. The number of carbonyl (C=O) groups is 7. The minimum atomic E-state index is -1.81. The SMILES string of the molecule is COc1ccc(C[C@@H]2C(=O)N[C@@H](C)C(=O)N(C)[C@H]3Cc4ccc(cc4)Oc4cc(ccc4O[C@H]4O[C@H](CO)[C@@H](O)[C@H](O)[C@H]4O)[C@H](OC(C)=O)[C@@H](C(=O)N[C@@H](C)C(=O)N[C@H](C)C(=O)N2C)N(C)C3=O)cc1. The van der Waals surface area contributed by atoms with Gasteiger partial charge in [-0.2, -0.15) is 0 Å². The highest BCUT2D eigenvalue weighted by molar-refractivity contribution is 5.98. The highest BCUT2D eigenvalue weighted by atomic mass is 16.7. The van der Waals surface area contributed by atoms with Gasteiger partial charge in [0, 0.05) is 40.9 Å². The number of likely N-dealkylation sites (N-methyl/N-ethyl adjacent to an activating group) is 3. The number of hydrogen-bond acceptors (Lipinski definition) is 16. The van der Waals surface area contributed by atoms with Gasteiger partial charge in [0.15, 0.2) is 23.6 Å². The second-order valence-corrected chi connectivity index (χ2v) is 17.6. The minimum absolute atomic E-state index is 0.00601. The number of nitrogens with zero attached hydrogens (tertiary/aromatic N) is 3. The van der Waals surface area contributed by atoms with Crippen molar-refractivity contribution < 1.29 is 77.7 Å². The Morgan fingerprint density at radius 1 is 0.729 bits per heavy atom. The van der Waals surface area contributed by atoms with Crippen LogP contribution in [0, 0.1) is 0 Å². The predicted molar refractivity (Wildman–Crippen MR) is 245 cm³/mol. The summed E-state index contributed by atoms with van der Waals surface area (Å²) < 4.78 is 29.0. The molecule has 22 nitrogen and oxygen atoms in total. The topological polar surface area (TPSA) is 292 Å². The zero-order valence-electron chi connectivity index (χ0n) is 39.9. The van der Waals surface area contributed by atoms with E-state index in [9.17, 15) is 49.2 Å². The number of benzene rings is 3. The molecular weight excluding hydrogens is 917 g/mol. The summed E-state index contributed by atoms with van der Waals surface area (Å²) in [5.74, 6) is -5.16. The van der Waals surface area contributed by atoms with Crippen molar-refractivity contribution in [3.8, 4) is 23.0 Å². The Hall–Kier alpha value is -6.85. The average molecular weight is 977 g/mol. The van der Waals surface area contributed by atoms with Crippen LogP contribution >= 0.6 is 0 Å². The van der Waals surface area contributed by atoms with Gasteiger partial charge in [-0.25, -0.2) is 0 Å². The summed E-state index contributed by atoms with van der Waals surface area (Å²) in [4.78, 5) is 103. The lowest BCUT2D eigenvalue weighted by atomic mass is 9.96. The molecule has 3 aromatic carbocycles. The maximum absolute atomic E-state index is 15.2. The molecule has 3 aromatic rings. The molecule has 0 spiro atoms. The van der Waals surface area contributed by atoms with Gasteiger partial charge in [-0.3, -0.25) is 33.6 Å². The first-order valence-electron chi connectivity index (χ1n) is 22.5. The number of esters is 1. The van der Waals surface area contributed by atoms with Crippen molar-refractivity contribution in [2.24, 2.45) is 0 Å². The first kappa shape index (κ1) is 52.5. The Morgan fingerprint density at radius 2 is 1.34 bits per heavy atom. The van der Waals surface area contributed by atoms with E-state index in [0.29, 0.717) is 16.9 Å². The Morgan fingerprint density at radius 3 is 1.96 bits per heavy atom. The monoisotopic (exact) mass is 976 g/mol. The van der Waals surface area contributed by atoms with Gasteiger partial charge >= 0.3 is 5.97 Å². The first-order valence-corrected chi connectivity index (χ1v) is 22.5. The van der Waals surface area contributed by atoms with Gasteiger partial charge in [-0.15, -0.1) is 0 Å². The number of carbonyl (C=O) groups excluding carboxylic acids is 7. The summed E-state index contributed by atoms with van der Waals surface area (Å²) in [7, 11) is 5.50. The molecule has 4 aliphatic rings. The van der Waals surface area contributed by atoms with Crippen LogP contribution in [0.1, 0.15) is 50.5 Å². The molecule has 2 saturated heterocycles. The lowest BCUT2D eigenvalue weighted by molar-refractivity contribution is -0.277. The highest BCUT2D eigenvalue weighted by Crippen LogP contribution is 2.39. The van der Waals surface area contributed by atoms with E-state index >= 15 is 4.79 Å². The van der Waals surface area contributed by atoms with Crippen molar-refractivity contribution in [3.05, 3.63) is 83.4 Å². The molecular formula is C48H60N6O16. The molecule has 4 heterocycles. The summed E-state index contributed by atoms with van der Waals surface area (Å²) in [6.45, 7) is 4.48. The third-order valence-corrected chi connectivity index (χ3v) is 12.6. The fourth-order valence-electron chi connectivity index (χ4n) is 8.43. The molecule has 378 valence electrons. The molecule has 0 saturated carbocycles. The van der Waals surface area contributed by atoms with Gasteiger partial charge in [-0.1, -0.05) is 30.3 Å². The first-order chi connectivity index (χ1) is 33.1. The Labute approximate surface area is 403 Å². The number of rotatable bonds is 7. The molecule has 7 rings (SSSR count). The van der Waals surface area contributed by atoms with Crippen LogP contribution in [0.5, 0.6) is 23.0 Å². The number of aliphatic hydroxyl groups excluding tert-OH is 4. The van der Waals surface area contributed by atoms with Gasteiger partial charge in [-0.05, 0) is 73.9 Å². The van der Waals surface area contributed by atoms with E-state index in [1.165, 1.54) is 67.2 Å². The average Bonchev–Trinajstić information content (AvgIpc) is 3.33. The van der Waals surface area contributed by atoms with Crippen molar-refractivity contribution in [3.63, 3.8) is 0 Å². The van der Waals surface area contributed by atoms with Gasteiger partial charge in [0.1, 0.15) is 66.1 Å². The van der Waals surface area contributed by atoms with E-state index in [1.807, 2.05) is 0 Å². The third-order valence-electron chi connectivity index (χ3n) is 12.6. The maximum atomic E-state index is 15.2. The van der Waals surface area contributed by atoms with Crippen LogP contribution in [-0.4, -0.2) is 178 Å². The number of fused-ring (bicyclic) bond motifs is 2. The van der Waals surface area contributed by atoms with Crippen LogP contribution < -0.4 is 30.2 Å². The number of aliphatic hydroxyl groups is 4. The van der Waals surface area contributed by atoms with E-state index < -0.39 is 121 Å². The largest absolute Gasteiger partial charge is 0.497 e. The van der Waals surface area contributed by atoms with Gasteiger partial charge in [0.2, 0.25) is 41.7 Å². The van der Waals surface area contributed by atoms with Gasteiger partial charge in [0.25, 0.3) is 0 Å². The lowest BCUT2D eigenvalue weighted by Crippen LogP contribution is -2.62. The van der Waals surface area contributed by atoms with E-state index in [2.05, 4.69) is 16.0 Å². The zero-order valence-corrected chi connectivity index (χ0v) is 39.9. The second-order valence-electron chi connectivity index (χ2n) is 17.6. The van der Waals surface area contributed by atoms with Crippen LogP contribution in [0.4, 0.5) is 0 Å². The molecule has 7 N–H and O–H groups in total. The molecule has 12 atom stereocenters. The molecule has 6 amide bonds. The Balaban J connectivity index is 1.46.